The van der Waals surface area contributed by atoms with E-state index in [-0.39, 0.29) is 10.8 Å². The highest BCUT2D eigenvalue weighted by molar-refractivity contribution is 7.81. The van der Waals surface area contributed by atoms with E-state index >= 15 is 0 Å². The van der Waals surface area contributed by atoms with Gasteiger partial charge in [-0.2, -0.15) is 12.6 Å². The molecule has 0 radical (unpaired) electrons. The van der Waals surface area contributed by atoms with E-state index in [1.807, 2.05) is 44.1 Å². The number of aryl methyl sites for hydroxylation is 1. The van der Waals surface area contributed by atoms with Crippen LogP contribution in [0.15, 0.2) is 18.2 Å². The van der Waals surface area contributed by atoms with Crippen LogP contribution in [0, 0.1) is 6.92 Å². The van der Waals surface area contributed by atoms with Crippen LogP contribution in [0.4, 0.5) is 0 Å². The van der Waals surface area contributed by atoms with E-state index in [9.17, 15) is 4.79 Å². The second kappa shape index (κ2) is 6.41. The van der Waals surface area contributed by atoms with Crippen LogP contribution in [0.3, 0.4) is 0 Å². The smallest absolute Gasteiger partial charge is 0.251 e. The van der Waals surface area contributed by atoms with Gasteiger partial charge in [-0.1, -0.05) is 6.07 Å². The van der Waals surface area contributed by atoms with Crippen molar-refractivity contribution >= 4 is 18.5 Å². The van der Waals surface area contributed by atoms with Crippen LogP contribution in [-0.4, -0.2) is 43.4 Å². The van der Waals surface area contributed by atoms with Gasteiger partial charge in [-0.25, -0.2) is 0 Å². The third-order valence-electron chi connectivity index (χ3n) is 3.46. The minimum atomic E-state index is -0.376. The molecule has 0 aromatic heterocycles. The van der Waals surface area contributed by atoms with Crippen molar-refractivity contribution in [3.05, 3.63) is 34.9 Å². The lowest BCUT2D eigenvalue weighted by atomic mass is 9.97. The average molecular weight is 281 g/mol. The van der Waals surface area contributed by atoms with Gasteiger partial charge in [0.15, 0.2) is 0 Å². The average Bonchev–Trinajstić information content (AvgIpc) is 2.39. The van der Waals surface area contributed by atoms with Crippen LogP contribution < -0.4 is 11.1 Å². The van der Waals surface area contributed by atoms with Gasteiger partial charge in [0.25, 0.3) is 5.91 Å². The zero-order valence-corrected chi connectivity index (χ0v) is 12.9. The Morgan fingerprint density at radius 3 is 2.53 bits per heavy atom. The number of nitrogens with one attached hydrogen (secondary N) is 1. The molecule has 19 heavy (non-hydrogen) atoms. The van der Waals surface area contributed by atoms with Crippen LogP contribution in [0.2, 0.25) is 0 Å². The molecule has 3 N–H and O–H groups in total. The van der Waals surface area contributed by atoms with E-state index in [4.69, 9.17) is 5.73 Å². The van der Waals surface area contributed by atoms with E-state index in [0.29, 0.717) is 12.1 Å². The highest BCUT2D eigenvalue weighted by Gasteiger charge is 2.27. The van der Waals surface area contributed by atoms with Crippen LogP contribution in [0.1, 0.15) is 21.5 Å². The molecule has 5 heteroatoms. The van der Waals surface area contributed by atoms with Crippen molar-refractivity contribution in [1.29, 1.82) is 0 Å². The topological polar surface area (TPSA) is 58.4 Å². The molecule has 1 aromatic rings. The summed E-state index contributed by atoms with van der Waals surface area (Å²) in [5.41, 5.74) is 8.73. The predicted molar refractivity (Wildman–Crippen MR) is 82.7 cm³/mol. The van der Waals surface area contributed by atoms with Crippen molar-refractivity contribution in [3.8, 4) is 0 Å². The largest absolute Gasteiger partial charge is 0.355 e. The molecule has 106 valence electrons. The first kappa shape index (κ1) is 16.0. The first-order valence-electron chi connectivity index (χ1n) is 6.25. The zero-order valence-electron chi connectivity index (χ0n) is 12.0. The number of thiol groups is 1. The van der Waals surface area contributed by atoms with Gasteiger partial charge < -0.3 is 11.1 Å². The van der Waals surface area contributed by atoms with Crippen molar-refractivity contribution in [2.24, 2.45) is 5.73 Å². The Hall–Kier alpha value is -1.04. The second-order valence-electron chi connectivity index (χ2n) is 4.98. The number of hydrogen-bond donors (Lipinski definition) is 3. The summed E-state index contributed by atoms with van der Waals surface area (Å²) >= 11 is 4.68. The number of benzene rings is 1. The number of rotatable bonds is 5. The van der Waals surface area contributed by atoms with E-state index in [1.165, 1.54) is 0 Å². The Morgan fingerprint density at radius 2 is 2.11 bits per heavy atom. The molecule has 0 unspecified atom stereocenters. The van der Waals surface area contributed by atoms with Crippen LogP contribution in [0.5, 0.6) is 0 Å². The lowest BCUT2D eigenvalue weighted by molar-refractivity contribution is 0.0963. The molecule has 0 saturated carbocycles. The molecular formula is C14H23N3OS. The molecule has 0 spiro atoms. The number of amides is 1. The van der Waals surface area contributed by atoms with Crippen molar-refractivity contribution < 1.29 is 4.79 Å². The van der Waals surface area contributed by atoms with Crippen molar-refractivity contribution in [3.63, 3.8) is 0 Å². The quantitative estimate of drug-likeness (QED) is 0.558. The minimum Gasteiger partial charge on any atom is -0.355 e. The van der Waals surface area contributed by atoms with Crippen molar-refractivity contribution in [2.45, 2.75) is 18.2 Å². The lowest BCUT2D eigenvalue weighted by Crippen LogP contribution is -2.47. The van der Waals surface area contributed by atoms with Gasteiger partial charge in [0.05, 0.1) is 4.87 Å². The highest BCUT2D eigenvalue weighted by Crippen LogP contribution is 2.24. The number of likely N-dealkylation sites (N-methyl/N-ethyl adjacent to an activating group) is 1. The third-order valence-corrected chi connectivity index (χ3v) is 4.21. The lowest BCUT2D eigenvalue weighted by Gasteiger charge is -2.34. The fourth-order valence-corrected chi connectivity index (χ4v) is 2.07. The Kier molecular flexibility index (Phi) is 5.40. The maximum atomic E-state index is 11.6. The maximum absolute atomic E-state index is 11.6. The number of hydrogen-bond acceptors (Lipinski definition) is 4. The Morgan fingerprint density at radius 1 is 1.47 bits per heavy atom. The summed E-state index contributed by atoms with van der Waals surface area (Å²) < 4.78 is 0. The molecule has 1 aromatic carbocycles. The molecule has 0 aliphatic carbocycles. The second-order valence-corrected chi connectivity index (χ2v) is 5.81. The van der Waals surface area contributed by atoms with E-state index in [2.05, 4.69) is 17.9 Å². The van der Waals surface area contributed by atoms with E-state index in [1.54, 1.807) is 7.05 Å². The maximum Gasteiger partial charge on any atom is 0.251 e. The van der Waals surface area contributed by atoms with Crippen LogP contribution >= 0.6 is 12.6 Å². The van der Waals surface area contributed by atoms with Gasteiger partial charge in [-0.3, -0.25) is 9.69 Å². The molecule has 0 bridgehead atoms. The predicted octanol–water partition coefficient (Wildman–Crippen LogP) is 1.04. The number of carbonyl (C=O) groups excluding carboxylic acids is 1. The summed E-state index contributed by atoms with van der Waals surface area (Å²) in [6.45, 7) is 2.46. The zero-order chi connectivity index (χ0) is 14.6. The molecule has 0 aliphatic rings. The summed E-state index contributed by atoms with van der Waals surface area (Å²) in [6.07, 6.45) is 0.736. The molecule has 1 atom stereocenters. The standard InChI is InChI=1S/C14H23N3OS/c1-10-7-11(13(18)16-2)5-6-12(10)8-14(19,9-15)17(3)4/h5-7,19H,8-9,15H2,1-4H3,(H,16,18)/t14-/m0/s1. The van der Waals surface area contributed by atoms with Gasteiger partial charge in [0.2, 0.25) is 0 Å². The fourth-order valence-electron chi connectivity index (χ4n) is 1.90. The van der Waals surface area contributed by atoms with Gasteiger partial charge in [0, 0.05) is 25.6 Å². The summed E-state index contributed by atoms with van der Waals surface area (Å²) in [7, 11) is 5.56. The van der Waals surface area contributed by atoms with Crippen LogP contribution in [0.25, 0.3) is 0 Å². The first-order valence-corrected chi connectivity index (χ1v) is 6.70. The molecule has 0 aliphatic heterocycles. The fraction of sp³-hybridized carbons (Fsp3) is 0.500. The number of carbonyl (C=O) groups is 1. The summed E-state index contributed by atoms with van der Waals surface area (Å²) in [6, 6.07) is 5.71. The van der Waals surface area contributed by atoms with Gasteiger partial charge >= 0.3 is 0 Å². The van der Waals surface area contributed by atoms with Gasteiger partial charge in [0.1, 0.15) is 0 Å². The van der Waals surface area contributed by atoms with E-state index < -0.39 is 0 Å². The summed E-state index contributed by atoms with van der Waals surface area (Å²) in [5.74, 6) is -0.0711. The normalized spacial score (nSPS) is 14.3. The minimum absolute atomic E-state index is 0.0711. The first-order chi connectivity index (χ1) is 8.84. The Balaban J connectivity index is 3.00. The summed E-state index contributed by atoms with van der Waals surface area (Å²) in [4.78, 5) is 13.2. The van der Waals surface area contributed by atoms with Gasteiger partial charge in [-0.05, 0) is 44.3 Å². The third kappa shape index (κ3) is 3.72. The van der Waals surface area contributed by atoms with Crippen molar-refractivity contribution in [1.82, 2.24) is 10.2 Å². The molecule has 4 nitrogen and oxygen atoms in total. The van der Waals surface area contributed by atoms with Crippen LogP contribution in [-0.2, 0) is 6.42 Å². The van der Waals surface area contributed by atoms with Gasteiger partial charge in [-0.15, -0.1) is 0 Å². The Labute approximate surface area is 120 Å². The Bertz CT molecular complexity index is 462. The number of nitrogens with two attached hydrogens (primary N) is 1. The molecular weight excluding hydrogens is 258 g/mol. The SMILES string of the molecule is CNC(=O)c1ccc(C[C@](S)(CN)N(C)C)c(C)c1. The summed E-state index contributed by atoms with van der Waals surface area (Å²) in [5, 5.41) is 2.62. The highest BCUT2D eigenvalue weighted by atomic mass is 32.1. The van der Waals surface area contributed by atoms with E-state index in [0.717, 1.165) is 17.5 Å². The molecule has 0 fully saturated rings. The molecule has 1 rings (SSSR count). The molecule has 0 saturated heterocycles. The van der Waals surface area contributed by atoms with Crippen molar-refractivity contribution in [2.75, 3.05) is 27.7 Å². The molecule has 0 heterocycles. The number of nitrogens with zero attached hydrogens (tertiary/aromatic N) is 1. The molecule has 1 amide bonds. The monoisotopic (exact) mass is 281 g/mol.